The van der Waals surface area contributed by atoms with Crippen molar-refractivity contribution in [3.8, 4) is 17.2 Å². The maximum atomic E-state index is 14.3. The molecule has 0 aliphatic rings. The van der Waals surface area contributed by atoms with Gasteiger partial charge in [-0.3, -0.25) is 4.72 Å². The van der Waals surface area contributed by atoms with Gasteiger partial charge in [-0.2, -0.15) is 0 Å². The van der Waals surface area contributed by atoms with Gasteiger partial charge >= 0.3 is 0 Å². The van der Waals surface area contributed by atoms with E-state index in [1.807, 2.05) is 0 Å². The monoisotopic (exact) mass is 413 g/mol. The average Bonchev–Trinajstić information content (AvgIpc) is 3.17. The lowest BCUT2D eigenvalue weighted by molar-refractivity contribution is 0.350. The fourth-order valence-electron chi connectivity index (χ4n) is 2.25. The number of sulfonamides is 1. The van der Waals surface area contributed by atoms with Crippen LogP contribution in [-0.2, 0) is 10.0 Å². The molecule has 9 nitrogen and oxygen atoms in total. The normalized spacial score (nSPS) is 11.3. The van der Waals surface area contributed by atoms with E-state index in [2.05, 4.69) is 20.2 Å². The zero-order chi connectivity index (χ0) is 19.6. The summed E-state index contributed by atoms with van der Waals surface area (Å²) in [5, 5.41) is 10.8. The van der Waals surface area contributed by atoms with Gasteiger partial charge < -0.3 is 9.47 Å². The van der Waals surface area contributed by atoms with Crippen molar-refractivity contribution < 1.29 is 22.3 Å². The fourth-order valence-corrected chi connectivity index (χ4v) is 3.62. The second-order valence-electron chi connectivity index (χ2n) is 5.16. The van der Waals surface area contributed by atoms with Crippen LogP contribution in [0.1, 0.15) is 0 Å². The number of ether oxygens (including phenoxy) is 2. The third-order valence-corrected chi connectivity index (χ3v) is 5.25. The second kappa shape index (κ2) is 7.37. The number of methoxy groups -OCH3 is 2. The minimum Gasteiger partial charge on any atom is -0.493 e. The van der Waals surface area contributed by atoms with Gasteiger partial charge in [0.15, 0.2) is 11.5 Å². The SMILES string of the molecule is COc1cc(F)c(S(=O)(=O)Nc2cc(-n3cnnn3)ccc2Cl)cc1OC. The molecule has 1 heterocycles. The van der Waals surface area contributed by atoms with Crippen molar-refractivity contribution in [2.75, 3.05) is 18.9 Å². The van der Waals surface area contributed by atoms with E-state index in [0.29, 0.717) is 5.69 Å². The van der Waals surface area contributed by atoms with Crippen molar-refractivity contribution in [3.63, 3.8) is 0 Å². The molecule has 0 aliphatic heterocycles. The lowest BCUT2D eigenvalue weighted by Gasteiger charge is -2.14. The van der Waals surface area contributed by atoms with E-state index in [1.165, 1.54) is 37.4 Å². The molecule has 0 aliphatic carbocycles. The molecule has 0 spiro atoms. The zero-order valence-corrected chi connectivity index (χ0v) is 15.6. The summed E-state index contributed by atoms with van der Waals surface area (Å²) in [5.74, 6) is -0.881. The highest BCUT2D eigenvalue weighted by molar-refractivity contribution is 7.92. The predicted octanol–water partition coefficient (Wildman–Crippen LogP) is 2.27. The number of nitrogens with one attached hydrogen (secondary N) is 1. The van der Waals surface area contributed by atoms with E-state index in [9.17, 15) is 12.8 Å². The first kappa shape index (κ1) is 18.9. The Hall–Kier alpha value is -2.92. The molecule has 1 N–H and O–H groups in total. The van der Waals surface area contributed by atoms with E-state index < -0.39 is 20.7 Å². The van der Waals surface area contributed by atoms with E-state index in [1.54, 1.807) is 6.07 Å². The van der Waals surface area contributed by atoms with Gasteiger partial charge in [0, 0.05) is 12.1 Å². The lowest BCUT2D eigenvalue weighted by atomic mass is 10.3. The topological polar surface area (TPSA) is 108 Å². The number of rotatable bonds is 6. The van der Waals surface area contributed by atoms with Crippen molar-refractivity contribution in [3.05, 3.63) is 47.5 Å². The van der Waals surface area contributed by atoms with Gasteiger partial charge in [0.25, 0.3) is 10.0 Å². The van der Waals surface area contributed by atoms with Gasteiger partial charge in [-0.15, -0.1) is 5.10 Å². The van der Waals surface area contributed by atoms with Gasteiger partial charge in [0.05, 0.1) is 30.6 Å². The van der Waals surface area contributed by atoms with Gasteiger partial charge in [-0.25, -0.2) is 17.5 Å². The van der Waals surface area contributed by atoms with Crippen LogP contribution in [0.4, 0.5) is 10.1 Å². The van der Waals surface area contributed by atoms with Gasteiger partial charge in [0.1, 0.15) is 17.0 Å². The molecule has 0 saturated heterocycles. The summed E-state index contributed by atoms with van der Waals surface area (Å²) in [6.45, 7) is 0. The van der Waals surface area contributed by atoms with Crippen LogP contribution in [0.15, 0.2) is 41.6 Å². The quantitative estimate of drug-likeness (QED) is 0.660. The van der Waals surface area contributed by atoms with E-state index in [4.69, 9.17) is 21.1 Å². The first-order valence-electron chi connectivity index (χ1n) is 7.33. The Morgan fingerprint density at radius 1 is 1.15 bits per heavy atom. The van der Waals surface area contributed by atoms with E-state index in [0.717, 1.165) is 12.1 Å². The number of hydrogen-bond donors (Lipinski definition) is 1. The maximum Gasteiger partial charge on any atom is 0.265 e. The van der Waals surface area contributed by atoms with Gasteiger partial charge in [-0.1, -0.05) is 11.6 Å². The summed E-state index contributed by atoms with van der Waals surface area (Å²) in [4.78, 5) is -0.621. The summed E-state index contributed by atoms with van der Waals surface area (Å²) in [7, 11) is -1.69. The molecule has 12 heteroatoms. The molecule has 0 bridgehead atoms. The first-order chi connectivity index (χ1) is 12.9. The first-order valence-corrected chi connectivity index (χ1v) is 9.19. The summed E-state index contributed by atoms with van der Waals surface area (Å²) in [6.07, 6.45) is 1.33. The molecule has 3 rings (SSSR count). The molecule has 3 aromatic rings. The highest BCUT2D eigenvalue weighted by Crippen LogP contribution is 2.33. The molecule has 0 unspecified atom stereocenters. The van der Waals surface area contributed by atoms with Crippen molar-refractivity contribution in [1.29, 1.82) is 0 Å². The van der Waals surface area contributed by atoms with Crippen LogP contribution in [0.2, 0.25) is 5.02 Å². The number of nitrogens with zero attached hydrogens (tertiary/aromatic N) is 4. The Balaban J connectivity index is 2.01. The number of benzene rings is 2. The minimum atomic E-state index is -4.32. The molecule has 0 saturated carbocycles. The van der Waals surface area contributed by atoms with E-state index >= 15 is 0 Å². The fraction of sp³-hybridized carbons (Fsp3) is 0.133. The van der Waals surface area contributed by atoms with Crippen LogP contribution in [0.3, 0.4) is 0 Å². The Bertz CT molecular complexity index is 1080. The van der Waals surface area contributed by atoms with Crippen LogP contribution in [0, 0.1) is 5.82 Å². The molecule has 0 radical (unpaired) electrons. The van der Waals surface area contributed by atoms with Crippen molar-refractivity contribution in [1.82, 2.24) is 20.2 Å². The van der Waals surface area contributed by atoms with Crippen LogP contribution in [-0.4, -0.2) is 42.8 Å². The molecule has 27 heavy (non-hydrogen) atoms. The van der Waals surface area contributed by atoms with Crippen LogP contribution < -0.4 is 14.2 Å². The Morgan fingerprint density at radius 2 is 1.85 bits per heavy atom. The van der Waals surface area contributed by atoms with Crippen LogP contribution in [0.5, 0.6) is 11.5 Å². The largest absolute Gasteiger partial charge is 0.493 e. The molecular formula is C15H13ClFN5O4S. The zero-order valence-electron chi connectivity index (χ0n) is 14.1. The number of halogens is 2. The predicted molar refractivity (Wildman–Crippen MR) is 94.5 cm³/mol. The molecule has 0 fully saturated rings. The number of aromatic nitrogens is 4. The van der Waals surface area contributed by atoms with Crippen LogP contribution >= 0.6 is 11.6 Å². The maximum absolute atomic E-state index is 14.3. The summed E-state index contributed by atoms with van der Waals surface area (Å²) >= 11 is 6.07. The molecule has 2 aromatic carbocycles. The van der Waals surface area contributed by atoms with Crippen molar-refractivity contribution in [2.45, 2.75) is 4.90 Å². The highest BCUT2D eigenvalue weighted by atomic mass is 35.5. The minimum absolute atomic E-state index is 0.0267. The number of tetrazole rings is 1. The van der Waals surface area contributed by atoms with Crippen molar-refractivity contribution in [2.24, 2.45) is 0 Å². The standard InChI is InChI=1S/C15H13ClFN5O4S/c1-25-13-6-11(17)15(7-14(13)26-2)27(23,24)19-12-5-9(3-4-10(12)16)22-8-18-20-21-22/h3-8,19H,1-2H3. The third-order valence-electron chi connectivity index (χ3n) is 3.54. The Kier molecular flexibility index (Phi) is 5.15. The molecular weight excluding hydrogens is 401 g/mol. The molecule has 142 valence electrons. The third kappa shape index (κ3) is 3.78. The molecule has 0 amide bonds. The second-order valence-corrected chi connectivity index (χ2v) is 7.22. The lowest BCUT2D eigenvalue weighted by Crippen LogP contribution is -2.15. The Morgan fingerprint density at radius 3 is 2.48 bits per heavy atom. The highest BCUT2D eigenvalue weighted by Gasteiger charge is 2.24. The van der Waals surface area contributed by atoms with E-state index in [-0.39, 0.29) is 22.2 Å². The summed E-state index contributed by atoms with van der Waals surface area (Å²) < 4.78 is 53.3. The van der Waals surface area contributed by atoms with Crippen molar-refractivity contribution >= 4 is 27.3 Å². The average molecular weight is 414 g/mol. The number of hydrogen-bond acceptors (Lipinski definition) is 7. The molecule has 1 aromatic heterocycles. The van der Waals surface area contributed by atoms with Crippen LogP contribution in [0.25, 0.3) is 5.69 Å². The van der Waals surface area contributed by atoms with Gasteiger partial charge in [-0.05, 0) is 28.6 Å². The van der Waals surface area contributed by atoms with Gasteiger partial charge in [0.2, 0.25) is 0 Å². The summed E-state index contributed by atoms with van der Waals surface area (Å²) in [5.41, 5.74) is 0.480. The summed E-state index contributed by atoms with van der Waals surface area (Å²) in [6, 6.07) is 6.41. The number of anilines is 1. The Labute approximate surface area is 158 Å². The smallest absolute Gasteiger partial charge is 0.265 e. The molecule has 0 atom stereocenters.